The minimum absolute atomic E-state index is 0.0284. The molecular weight excluding hydrogens is 404 g/mol. The smallest absolute Gasteiger partial charge is 0.426 e. The number of carbonyl (C=O) groups excluding carboxylic acids is 2. The van der Waals surface area contributed by atoms with E-state index in [-0.39, 0.29) is 17.3 Å². The summed E-state index contributed by atoms with van der Waals surface area (Å²) in [6.45, 7) is 0.944. The third-order valence-corrected chi connectivity index (χ3v) is 4.04. The normalized spacial score (nSPS) is 13.4. The third kappa shape index (κ3) is 4.36. The van der Waals surface area contributed by atoms with Gasteiger partial charge in [-0.3, -0.25) is 0 Å². The van der Waals surface area contributed by atoms with E-state index in [2.05, 4.69) is 10.1 Å². The molecule has 0 aliphatic heterocycles. The van der Waals surface area contributed by atoms with Gasteiger partial charge in [0.05, 0.1) is 17.3 Å². The van der Waals surface area contributed by atoms with Crippen molar-refractivity contribution in [1.82, 2.24) is 5.32 Å². The Hall–Kier alpha value is -2.81. The second-order valence-electron chi connectivity index (χ2n) is 5.53. The Morgan fingerprint density at radius 2 is 1.68 bits per heavy atom. The number of para-hydroxylation sites is 1. The van der Waals surface area contributed by atoms with E-state index in [1.54, 1.807) is 11.4 Å². The van der Waals surface area contributed by atoms with Gasteiger partial charge in [-0.15, -0.1) is 0 Å². The second kappa shape index (κ2) is 8.47. The number of alkyl halides is 3. The Bertz CT molecular complexity index is 859. The molecule has 2 aromatic rings. The zero-order valence-electron chi connectivity index (χ0n) is 14.4. The molecule has 0 unspecified atom stereocenters. The fraction of sp³-hybridized carbons (Fsp3) is 0.222. The summed E-state index contributed by atoms with van der Waals surface area (Å²) in [5.41, 5.74) is -4.24. The average Bonchev–Trinajstić information content (AvgIpc) is 2.61. The van der Waals surface area contributed by atoms with Crippen LogP contribution in [0.2, 0.25) is 5.02 Å². The van der Waals surface area contributed by atoms with Gasteiger partial charge in [0.1, 0.15) is 5.82 Å². The number of halogens is 5. The van der Waals surface area contributed by atoms with Gasteiger partial charge in [0.15, 0.2) is 0 Å². The lowest BCUT2D eigenvalue weighted by atomic mass is 9.89. The Morgan fingerprint density at radius 1 is 1.07 bits per heavy atom. The van der Waals surface area contributed by atoms with Crippen molar-refractivity contribution < 1.29 is 31.9 Å². The van der Waals surface area contributed by atoms with Crippen molar-refractivity contribution in [3.63, 3.8) is 0 Å². The molecule has 0 radical (unpaired) electrons. The van der Waals surface area contributed by atoms with Gasteiger partial charge in [0.25, 0.3) is 5.54 Å². The highest BCUT2D eigenvalue weighted by atomic mass is 35.5. The fourth-order valence-electron chi connectivity index (χ4n) is 2.42. The van der Waals surface area contributed by atoms with E-state index in [4.69, 9.17) is 11.6 Å². The van der Waals surface area contributed by atoms with Crippen LogP contribution in [-0.2, 0) is 15.1 Å². The molecule has 150 valence electrons. The van der Waals surface area contributed by atoms with Crippen LogP contribution in [0.25, 0.3) is 0 Å². The molecule has 5 nitrogen and oxygen atoms in total. The lowest BCUT2D eigenvalue weighted by Gasteiger charge is -2.34. The van der Waals surface area contributed by atoms with Gasteiger partial charge in [-0.05, 0) is 36.8 Å². The Labute approximate surface area is 162 Å². The summed E-state index contributed by atoms with van der Waals surface area (Å²) in [5.74, 6) is -2.58. The van der Waals surface area contributed by atoms with Crippen LogP contribution in [0.3, 0.4) is 0 Å². The Morgan fingerprint density at radius 3 is 2.21 bits per heavy atom. The summed E-state index contributed by atoms with van der Waals surface area (Å²) >= 11 is 5.88. The van der Waals surface area contributed by atoms with Gasteiger partial charge >= 0.3 is 18.2 Å². The van der Waals surface area contributed by atoms with E-state index in [9.17, 15) is 27.2 Å². The topological polar surface area (TPSA) is 67.4 Å². The minimum atomic E-state index is -5.30. The minimum Gasteiger partial charge on any atom is -0.464 e. The van der Waals surface area contributed by atoms with Crippen molar-refractivity contribution in [1.29, 1.82) is 0 Å². The van der Waals surface area contributed by atoms with Crippen LogP contribution in [0.1, 0.15) is 12.5 Å². The number of rotatable bonds is 5. The molecule has 2 rings (SSSR count). The van der Waals surface area contributed by atoms with Crippen molar-refractivity contribution in [2.75, 3.05) is 11.9 Å². The standard InChI is InChI=1S/C18H15ClF4N2O3/c1-2-28-15(26)17(18(21,22)23,11-7-9-12(20)10-8-11)25-16(27)24-14-6-4-3-5-13(14)19/h3-10H,2H2,1H3,(H2,24,25,27)/t17-/m0/s1. The summed E-state index contributed by atoms with van der Waals surface area (Å²) in [6.07, 6.45) is -5.30. The highest BCUT2D eigenvalue weighted by Gasteiger charge is 2.64. The van der Waals surface area contributed by atoms with Crippen LogP contribution in [-0.4, -0.2) is 24.8 Å². The summed E-state index contributed by atoms with van der Waals surface area (Å²) < 4.78 is 59.9. The number of benzene rings is 2. The maximum absolute atomic E-state index is 14.1. The van der Waals surface area contributed by atoms with E-state index in [0.717, 1.165) is 24.3 Å². The van der Waals surface area contributed by atoms with Crippen LogP contribution in [0.5, 0.6) is 0 Å². The van der Waals surface area contributed by atoms with E-state index in [1.807, 2.05) is 0 Å². The van der Waals surface area contributed by atoms with E-state index < -0.39 is 35.1 Å². The predicted octanol–water partition coefficient (Wildman–Crippen LogP) is 4.62. The summed E-state index contributed by atoms with van der Waals surface area (Å²) in [6, 6.07) is 7.45. The van der Waals surface area contributed by atoms with Crippen molar-refractivity contribution in [3.05, 3.63) is 64.9 Å². The molecule has 28 heavy (non-hydrogen) atoms. The molecule has 0 aliphatic rings. The zero-order chi connectivity index (χ0) is 20.9. The Kier molecular flexibility index (Phi) is 6.50. The number of amides is 2. The quantitative estimate of drug-likeness (QED) is 0.550. The van der Waals surface area contributed by atoms with Crippen molar-refractivity contribution in [2.45, 2.75) is 18.6 Å². The van der Waals surface area contributed by atoms with Crippen molar-refractivity contribution in [3.8, 4) is 0 Å². The van der Waals surface area contributed by atoms with E-state index >= 15 is 0 Å². The number of hydrogen-bond donors (Lipinski definition) is 2. The van der Waals surface area contributed by atoms with Gasteiger partial charge < -0.3 is 15.4 Å². The lowest BCUT2D eigenvalue weighted by Crippen LogP contribution is -2.62. The molecule has 0 saturated carbocycles. The highest BCUT2D eigenvalue weighted by molar-refractivity contribution is 6.33. The van der Waals surface area contributed by atoms with Crippen LogP contribution in [0.15, 0.2) is 48.5 Å². The maximum atomic E-state index is 14.1. The van der Waals surface area contributed by atoms with Crippen LogP contribution < -0.4 is 10.6 Å². The van der Waals surface area contributed by atoms with Crippen LogP contribution in [0.4, 0.5) is 28.0 Å². The molecule has 0 heterocycles. The van der Waals surface area contributed by atoms with Crippen molar-refractivity contribution in [2.24, 2.45) is 0 Å². The number of ether oxygens (including phenoxy) is 1. The number of nitrogens with one attached hydrogen (secondary N) is 2. The van der Waals surface area contributed by atoms with E-state index in [0.29, 0.717) is 0 Å². The van der Waals surface area contributed by atoms with Crippen LogP contribution >= 0.6 is 11.6 Å². The first-order valence-corrected chi connectivity index (χ1v) is 8.33. The molecule has 1 atom stereocenters. The number of carbonyl (C=O) groups is 2. The SMILES string of the molecule is CCOC(=O)[C@@](NC(=O)Nc1ccccc1Cl)(c1ccc(F)cc1)C(F)(F)F. The molecule has 0 aliphatic carbocycles. The number of anilines is 1. The maximum Gasteiger partial charge on any atom is 0.426 e. The van der Waals surface area contributed by atoms with E-state index in [1.165, 1.54) is 25.1 Å². The zero-order valence-corrected chi connectivity index (χ0v) is 15.2. The molecule has 0 fully saturated rings. The summed E-state index contributed by atoms with van der Waals surface area (Å²) in [4.78, 5) is 24.7. The lowest BCUT2D eigenvalue weighted by molar-refractivity contribution is -0.213. The largest absolute Gasteiger partial charge is 0.464 e. The first-order valence-electron chi connectivity index (χ1n) is 7.95. The molecule has 0 bridgehead atoms. The number of hydrogen-bond acceptors (Lipinski definition) is 3. The van der Waals surface area contributed by atoms with Gasteiger partial charge in [0, 0.05) is 0 Å². The summed E-state index contributed by atoms with van der Waals surface area (Å²) in [5, 5.41) is 3.86. The fourth-order valence-corrected chi connectivity index (χ4v) is 2.60. The molecule has 2 N–H and O–H groups in total. The van der Waals surface area contributed by atoms with Gasteiger partial charge in [-0.1, -0.05) is 35.9 Å². The second-order valence-corrected chi connectivity index (χ2v) is 5.94. The predicted molar refractivity (Wildman–Crippen MR) is 94.4 cm³/mol. The Balaban J connectivity index is 2.50. The first-order chi connectivity index (χ1) is 13.1. The molecule has 10 heteroatoms. The monoisotopic (exact) mass is 418 g/mol. The molecule has 2 aromatic carbocycles. The number of esters is 1. The molecule has 0 saturated heterocycles. The molecule has 2 amide bonds. The molecule has 0 spiro atoms. The van der Waals surface area contributed by atoms with Gasteiger partial charge in [-0.2, -0.15) is 13.2 Å². The average molecular weight is 419 g/mol. The van der Waals surface area contributed by atoms with Crippen LogP contribution in [0, 0.1) is 5.82 Å². The first kappa shape index (κ1) is 21.5. The third-order valence-electron chi connectivity index (χ3n) is 3.71. The van der Waals surface area contributed by atoms with Crippen molar-refractivity contribution >= 4 is 29.3 Å². The molecular formula is C18H15ClF4N2O3. The summed E-state index contributed by atoms with van der Waals surface area (Å²) in [7, 11) is 0. The van der Waals surface area contributed by atoms with Gasteiger partial charge in [0.2, 0.25) is 0 Å². The van der Waals surface area contributed by atoms with Gasteiger partial charge in [-0.25, -0.2) is 14.0 Å². The highest BCUT2D eigenvalue weighted by Crippen LogP contribution is 2.40. The molecule has 0 aromatic heterocycles. The number of urea groups is 1.